The molecule has 170 valence electrons. The summed E-state index contributed by atoms with van der Waals surface area (Å²) in [6.45, 7) is 0.829. The Kier molecular flexibility index (Phi) is 7.30. The van der Waals surface area contributed by atoms with E-state index in [1.165, 1.54) is 10.6 Å². The average Bonchev–Trinajstić information content (AvgIpc) is 2.87. The van der Waals surface area contributed by atoms with Crippen molar-refractivity contribution < 1.29 is 9.59 Å². The van der Waals surface area contributed by atoms with Gasteiger partial charge in [-0.2, -0.15) is 0 Å². The first-order valence-corrected chi connectivity index (χ1v) is 11.1. The molecule has 0 aliphatic rings. The number of nitrogens with one attached hydrogen (secondary N) is 2. The highest BCUT2D eigenvalue weighted by atomic mass is 16.2. The van der Waals surface area contributed by atoms with Crippen LogP contribution in [0.15, 0.2) is 108 Å². The zero-order valence-corrected chi connectivity index (χ0v) is 18.6. The van der Waals surface area contributed by atoms with Gasteiger partial charge in [-0.3, -0.25) is 14.4 Å². The highest BCUT2D eigenvalue weighted by molar-refractivity contribution is 6.08. The SMILES string of the molecule is O=C(NCCc1ccccc1)c1ccccc1NC(=O)c1cccn(Cc2ccccc2)c1=O. The highest BCUT2D eigenvalue weighted by Crippen LogP contribution is 2.16. The first kappa shape index (κ1) is 22.7. The van der Waals surface area contributed by atoms with Crippen molar-refractivity contribution in [3.05, 3.63) is 136 Å². The Morgan fingerprint density at radius 3 is 2.03 bits per heavy atom. The van der Waals surface area contributed by atoms with Gasteiger partial charge in [0.1, 0.15) is 5.56 Å². The summed E-state index contributed by atoms with van der Waals surface area (Å²) in [5, 5.41) is 5.63. The molecule has 0 bridgehead atoms. The Bertz CT molecular complexity index is 1330. The molecular weight excluding hydrogens is 426 g/mol. The molecule has 4 rings (SSSR count). The fourth-order valence-corrected chi connectivity index (χ4v) is 3.65. The fourth-order valence-electron chi connectivity index (χ4n) is 3.65. The summed E-state index contributed by atoms with van der Waals surface area (Å²) in [7, 11) is 0. The molecule has 6 heteroatoms. The van der Waals surface area contributed by atoms with Crippen LogP contribution in [0.5, 0.6) is 0 Å². The molecule has 0 spiro atoms. The summed E-state index contributed by atoms with van der Waals surface area (Å²) in [6.07, 6.45) is 2.35. The normalized spacial score (nSPS) is 10.5. The number of carbonyl (C=O) groups excluding carboxylic acids is 2. The van der Waals surface area contributed by atoms with Gasteiger partial charge in [0, 0.05) is 12.7 Å². The van der Waals surface area contributed by atoms with Crippen molar-refractivity contribution in [3.63, 3.8) is 0 Å². The Morgan fingerprint density at radius 2 is 1.29 bits per heavy atom. The molecule has 34 heavy (non-hydrogen) atoms. The Labute approximate surface area is 197 Å². The number of rotatable bonds is 8. The van der Waals surface area contributed by atoms with Gasteiger partial charge < -0.3 is 15.2 Å². The van der Waals surface area contributed by atoms with Gasteiger partial charge in [-0.15, -0.1) is 0 Å². The van der Waals surface area contributed by atoms with E-state index in [1.807, 2.05) is 60.7 Å². The number of para-hydroxylation sites is 1. The van der Waals surface area contributed by atoms with Crippen LogP contribution >= 0.6 is 0 Å². The van der Waals surface area contributed by atoms with Crippen molar-refractivity contribution >= 4 is 17.5 Å². The lowest BCUT2D eigenvalue weighted by molar-refractivity contribution is 0.0955. The van der Waals surface area contributed by atoms with Crippen LogP contribution in [0.3, 0.4) is 0 Å². The van der Waals surface area contributed by atoms with E-state index in [0.717, 1.165) is 11.1 Å². The Hall–Kier alpha value is -4.45. The van der Waals surface area contributed by atoms with E-state index in [0.29, 0.717) is 30.8 Å². The van der Waals surface area contributed by atoms with Crippen LogP contribution in [0.2, 0.25) is 0 Å². The maximum absolute atomic E-state index is 13.0. The minimum Gasteiger partial charge on any atom is -0.352 e. The molecule has 0 unspecified atom stereocenters. The molecule has 1 heterocycles. The largest absolute Gasteiger partial charge is 0.352 e. The van der Waals surface area contributed by atoms with Crippen LogP contribution in [0.1, 0.15) is 31.8 Å². The second-order valence-corrected chi connectivity index (χ2v) is 7.83. The molecule has 0 saturated heterocycles. The number of carbonyl (C=O) groups is 2. The van der Waals surface area contributed by atoms with Gasteiger partial charge in [-0.05, 0) is 41.8 Å². The molecule has 0 aliphatic carbocycles. The lowest BCUT2D eigenvalue weighted by Gasteiger charge is -2.12. The van der Waals surface area contributed by atoms with Crippen LogP contribution in [-0.2, 0) is 13.0 Å². The molecule has 0 fully saturated rings. The minimum atomic E-state index is -0.558. The van der Waals surface area contributed by atoms with Crippen LogP contribution in [0.25, 0.3) is 0 Å². The Balaban J connectivity index is 1.46. The van der Waals surface area contributed by atoms with Gasteiger partial charge in [-0.25, -0.2) is 0 Å². The average molecular weight is 452 g/mol. The third-order valence-corrected chi connectivity index (χ3v) is 5.42. The molecule has 0 aliphatic heterocycles. The van der Waals surface area contributed by atoms with Gasteiger partial charge in [0.25, 0.3) is 17.4 Å². The summed E-state index contributed by atoms with van der Waals surface area (Å²) in [6, 6.07) is 29.3. The van der Waals surface area contributed by atoms with Gasteiger partial charge in [-0.1, -0.05) is 72.8 Å². The zero-order valence-electron chi connectivity index (χ0n) is 18.6. The topological polar surface area (TPSA) is 80.2 Å². The number of hydrogen-bond acceptors (Lipinski definition) is 3. The maximum atomic E-state index is 13.0. The number of amides is 2. The van der Waals surface area contributed by atoms with Crippen LogP contribution in [0.4, 0.5) is 5.69 Å². The number of nitrogens with zero attached hydrogens (tertiary/aromatic N) is 1. The first-order valence-electron chi connectivity index (χ1n) is 11.1. The molecule has 0 radical (unpaired) electrons. The van der Waals surface area contributed by atoms with Gasteiger partial charge in [0.2, 0.25) is 0 Å². The van der Waals surface area contributed by atoms with Crippen molar-refractivity contribution in [2.24, 2.45) is 0 Å². The first-order chi connectivity index (χ1) is 16.6. The van der Waals surface area contributed by atoms with E-state index in [4.69, 9.17) is 0 Å². The fraction of sp³-hybridized carbons (Fsp3) is 0.107. The molecule has 4 aromatic rings. The second kappa shape index (κ2) is 10.9. The molecule has 0 atom stereocenters. The van der Waals surface area contributed by atoms with Crippen LogP contribution in [-0.4, -0.2) is 22.9 Å². The number of benzene rings is 3. The highest BCUT2D eigenvalue weighted by Gasteiger charge is 2.17. The summed E-state index contributed by atoms with van der Waals surface area (Å²) in [4.78, 5) is 38.6. The number of hydrogen-bond donors (Lipinski definition) is 2. The minimum absolute atomic E-state index is 0.0118. The van der Waals surface area contributed by atoms with E-state index >= 15 is 0 Å². The Morgan fingerprint density at radius 1 is 0.676 bits per heavy atom. The van der Waals surface area contributed by atoms with Crippen molar-refractivity contribution in [1.82, 2.24) is 9.88 Å². The maximum Gasteiger partial charge on any atom is 0.263 e. The van der Waals surface area contributed by atoms with Crippen LogP contribution < -0.4 is 16.2 Å². The van der Waals surface area contributed by atoms with Crippen LogP contribution in [0, 0.1) is 0 Å². The molecule has 1 aromatic heterocycles. The standard InChI is InChI=1S/C28H25N3O3/c32-26(29-18-17-21-10-3-1-4-11-21)23-14-7-8-16-25(23)30-27(33)24-15-9-19-31(28(24)34)20-22-12-5-2-6-13-22/h1-16,19H,17-18,20H2,(H,29,32)(H,30,33). The summed E-state index contributed by atoms with van der Waals surface area (Å²) in [5.41, 5.74) is 2.39. The number of anilines is 1. The van der Waals surface area contributed by atoms with Gasteiger partial charge in [0.05, 0.1) is 17.8 Å². The van der Waals surface area contributed by atoms with E-state index in [2.05, 4.69) is 10.6 Å². The summed E-state index contributed by atoms with van der Waals surface area (Å²) >= 11 is 0. The second-order valence-electron chi connectivity index (χ2n) is 7.83. The van der Waals surface area contributed by atoms with E-state index in [1.54, 1.807) is 36.5 Å². The lowest BCUT2D eigenvalue weighted by Crippen LogP contribution is -2.30. The molecule has 2 amide bonds. The molecular formula is C28H25N3O3. The monoisotopic (exact) mass is 451 g/mol. The number of pyridine rings is 1. The smallest absolute Gasteiger partial charge is 0.263 e. The van der Waals surface area contributed by atoms with Crippen molar-refractivity contribution in [1.29, 1.82) is 0 Å². The van der Waals surface area contributed by atoms with E-state index in [-0.39, 0.29) is 11.5 Å². The zero-order chi connectivity index (χ0) is 23.8. The molecule has 0 saturated carbocycles. The van der Waals surface area contributed by atoms with Crippen molar-refractivity contribution in [2.45, 2.75) is 13.0 Å². The van der Waals surface area contributed by atoms with Gasteiger partial charge in [0.15, 0.2) is 0 Å². The lowest BCUT2D eigenvalue weighted by atomic mass is 10.1. The van der Waals surface area contributed by atoms with Crippen molar-refractivity contribution in [3.8, 4) is 0 Å². The van der Waals surface area contributed by atoms with E-state index < -0.39 is 11.5 Å². The predicted molar refractivity (Wildman–Crippen MR) is 133 cm³/mol. The summed E-state index contributed by atoms with van der Waals surface area (Å²) < 4.78 is 1.49. The van der Waals surface area contributed by atoms with Gasteiger partial charge >= 0.3 is 0 Å². The third kappa shape index (κ3) is 5.66. The molecule has 2 N–H and O–H groups in total. The number of aromatic nitrogens is 1. The molecule has 3 aromatic carbocycles. The third-order valence-electron chi connectivity index (χ3n) is 5.42. The molecule has 6 nitrogen and oxygen atoms in total. The van der Waals surface area contributed by atoms with E-state index in [9.17, 15) is 14.4 Å². The predicted octanol–water partition coefficient (Wildman–Crippen LogP) is 4.12. The summed E-state index contributed by atoms with van der Waals surface area (Å²) in [5.74, 6) is -0.849. The van der Waals surface area contributed by atoms with Crippen molar-refractivity contribution in [2.75, 3.05) is 11.9 Å². The quantitative estimate of drug-likeness (QED) is 0.423.